The standard InChI is InChI=1S/C18H26N4/c1-18(2,3)21-13-8-10-22(11-9-13)16-12-17(19)20-15-7-5-4-6-14(15)16/h4-7,12-13,21H,8-11H2,1-3H3,(H2,19,20). The molecule has 4 nitrogen and oxygen atoms in total. The molecule has 1 saturated heterocycles. The highest BCUT2D eigenvalue weighted by atomic mass is 15.2. The first-order valence-electron chi connectivity index (χ1n) is 8.10. The van der Waals surface area contributed by atoms with Crippen LogP contribution in [0.5, 0.6) is 0 Å². The van der Waals surface area contributed by atoms with Crippen molar-refractivity contribution in [1.29, 1.82) is 0 Å². The van der Waals surface area contributed by atoms with Crippen LogP contribution < -0.4 is 16.0 Å². The van der Waals surface area contributed by atoms with Crippen LogP contribution in [-0.4, -0.2) is 29.7 Å². The number of aromatic nitrogens is 1. The minimum atomic E-state index is 0.181. The largest absolute Gasteiger partial charge is 0.384 e. The summed E-state index contributed by atoms with van der Waals surface area (Å²) < 4.78 is 0. The van der Waals surface area contributed by atoms with Gasteiger partial charge in [-0.15, -0.1) is 0 Å². The number of nitrogen functional groups attached to an aromatic ring is 1. The van der Waals surface area contributed by atoms with Crippen molar-refractivity contribution < 1.29 is 0 Å². The molecule has 1 aromatic carbocycles. The van der Waals surface area contributed by atoms with Gasteiger partial charge < -0.3 is 16.0 Å². The Hall–Kier alpha value is -1.81. The van der Waals surface area contributed by atoms with Crippen molar-refractivity contribution in [2.24, 2.45) is 0 Å². The molecule has 4 heteroatoms. The van der Waals surface area contributed by atoms with E-state index in [9.17, 15) is 0 Å². The van der Waals surface area contributed by atoms with Gasteiger partial charge in [0, 0.05) is 41.8 Å². The fourth-order valence-corrected chi connectivity index (χ4v) is 3.32. The lowest BCUT2D eigenvalue weighted by Gasteiger charge is -2.37. The smallest absolute Gasteiger partial charge is 0.126 e. The Morgan fingerprint density at radius 3 is 2.55 bits per heavy atom. The average Bonchev–Trinajstić information content (AvgIpc) is 2.45. The zero-order valence-electron chi connectivity index (χ0n) is 13.8. The summed E-state index contributed by atoms with van der Waals surface area (Å²) in [6.45, 7) is 8.81. The molecule has 0 aliphatic carbocycles. The van der Waals surface area contributed by atoms with E-state index in [1.165, 1.54) is 11.1 Å². The maximum absolute atomic E-state index is 5.99. The van der Waals surface area contributed by atoms with Crippen LogP contribution in [0.2, 0.25) is 0 Å². The number of para-hydroxylation sites is 1. The Labute approximate surface area is 132 Å². The van der Waals surface area contributed by atoms with Crippen LogP contribution in [0, 0.1) is 0 Å². The summed E-state index contributed by atoms with van der Waals surface area (Å²) in [5.74, 6) is 0.601. The number of pyridine rings is 1. The molecule has 0 bridgehead atoms. The van der Waals surface area contributed by atoms with Crippen LogP contribution in [0.4, 0.5) is 11.5 Å². The van der Waals surface area contributed by atoms with Gasteiger partial charge in [-0.25, -0.2) is 4.98 Å². The second-order valence-corrected chi connectivity index (χ2v) is 7.24. The normalized spacial score (nSPS) is 17.1. The third-order valence-corrected chi connectivity index (χ3v) is 4.19. The van der Waals surface area contributed by atoms with Crippen molar-refractivity contribution in [3.8, 4) is 0 Å². The summed E-state index contributed by atoms with van der Waals surface area (Å²) in [4.78, 5) is 6.88. The number of rotatable bonds is 2. The molecule has 2 aromatic rings. The lowest BCUT2D eigenvalue weighted by Crippen LogP contribution is -2.49. The van der Waals surface area contributed by atoms with E-state index < -0.39 is 0 Å². The number of benzene rings is 1. The molecule has 0 radical (unpaired) electrons. The van der Waals surface area contributed by atoms with E-state index in [2.05, 4.69) is 48.1 Å². The second kappa shape index (κ2) is 5.76. The van der Waals surface area contributed by atoms with Crippen LogP contribution in [0.25, 0.3) is 10.9 Å². The lowest BCUT2D eigenvalue weighted by atomic mass is 9.99. The topological polar surface area (TPSA) is 54.2 Å². The molecule has 0 saturated carbocycles. The highest BCUT2D eigenvalue weighted by Crippen LogP contribution is 2.30. The fourth-order valence-electron chi connectivity index (χ4n) is 3.32. The lowest BCUT2D eigenvalue weighted by molar-refractivity contribution is 0.317. The molecule has 0 unspecified atom stereocenters. The van der Waals surface area contributed by atoms with Gasteiger partial charge in [0.05, 0.1) is 5.52 Å². The number of piperidine rings is 1. The molecule has 1 fully saturated rings. The van der Waals surface area contributed by atoms with Crippen LogP contribution in [-0.2, 0) is 0 Å². The van der Waals surface area contributed by atoms with Crippen LogP contribution in [0.3, 0.4) is 0 Å². The van der Waals surface area contributed by atoms with Crippen molar-refractivity contribution in [3.05, 3.63) is 30.3 Å². The Morgan fingerprint density at radius 1 is 1.18 bits per heavy atom. The number of hydrogen-bond donors (Lipinski definition) is 2. The number of fused-ring (bicyclic) bond motifs is 1. The Morgan fingerprint density at radius 2 is 1.86 bits per heavy atom. The molecule has 0 atom stereocenters. The van der Waals surface area contributed by atoms with Gasteiger partial charge in [-0.3, -0.25) is 0 Å². The Kier molecular flexibility index (Phi) is 3.96. The summed E-state index contributed by atoms with van der Waals surface area (Å²) in [7, 11) is 0. The Balaban J connectivity index is 1.79. The monoisotopic (exact) mass is 298 g/mol. The zero-order valence-corrected chi connectivity index (χ0v) is 13.8. The van der Waals surface area contributed by atoms with Crippen LogP contribution >= 0.6 is 0 Å². The molecule has 3 rings (SSSR count). The molecule has 1 aliphatic heterocycles. The third-order valence-electron chi connectivity index (χ3n) is 4.19. The van der Waals surface area contributed by atoms with Gasteiger partial charge in [0.25, 0.3) is 0 Å². The average molecular weight is 298 g/mol. The number of hydrogen-bond acceptors (Lipinski definition) is 4. The van der Waals surface area contributed by atoms with Gasteiger partial charge >= 0.3 is 0 Å². The van der Waals surface area contributed by atoms with E-state index in [4.69, 9.17) is 5.73 Å². The third kappa shape index (κ3) is 3.33. The summed E-state index contributed by atoms with van der Waals surface area (Å²) in [5, 5.41) is 4.91. The molecule has 0 amide bonds. The summed E-state index contributed by atoms with van der Waals surface area (Å²) in [6, 6.07) is 10.9. The van der Waals surface area contributed by atoms with Gasteiger partial charge in [0.1, 0.15) is 5.82 Å². The van der Waals surface area contributed by atoms with E-state index >= 15 is 0 Å². The minimum absolute atomic E-state index is 0.181. The molecule has 1 aliphatic rings. The van der Waals surface area contributed by atoms with E-state index in [0.717, 1.165) is 31.4 Å². The molecular weight excluding hydrogens is 272 g/mol. The van der Waals surface area contributed by atoms with Gasteiger partial charge in [0.2, 0.25) is 0 Å². The zero-order chi connectivity index (χ0) is 15.7. The van der Waals surface area contributed by atoms with Crippen molar-refractivity contribution in [2.75, 3.05) is 23.7 Å². The van der Waals surface area contributed by atoms with Crippen LogP contribution in [0.15, 0.2) is 30.3 Å². The SMILES string of the molecule is CC(C)(C)NC1CCN(c2cc(N)nc3ccccc23)CC1. The number of nitrogens with two attached hydrogens (primary N) is 1. The fraction of sp³-hybridized carbons (Fsp3) is 0.500. The highest BCUT2D eigenvalue weighted by Gasteiger charge is 2.24. The first kappa shape index (κ1) is 15.1. The van der Waals surface area contributed by atoms with Crippen molar-refractivity contribution in [2.45, 2.75) is 45.2 Å². The summed E-state index contributed by atoms with van der Waals surface area (Å²) >= 11 is 0. The van der Waals surface area contributed by atoms with Gasteiger partial charge in [-0.05, 0) is 39.7 Å². The van der Waals surface area contributed by atoms with E-state index in [1.807, 2.05) is 18.2 Å². The van der Waals surface area contributed by atoms with Gasteiger partial charge in [-0.2, -0.15) is 0 Å². The molecule has 118 valence electrons. The summed E-state index contributed by atoms with van der Waals surface area (Å²) in [5.41, 5.74) is 8.37. The predicted molar refractivity (Wildman–Crippen MR) is 94.3 cm³/mol. The second-order valence-electron chi connectivity index (χ2n) is 7.24. The first-order valence-corrected chi connectivity index (χ1v) is 8.10. The Bertz CT molecular complexity index is 652. The molecule has 3 N–H and O–H groups in total. The van der Waals surface area contributed by atoms with Gasteiger partial charge in [-0.1, -0.05) is 18.2 Å². The number of nitrogens with zero attached hydrogens (tertiary/aromatic N) is 2. The predicted octanol–water partition coefficient (Wildman–Crippen LogP) is 3.17. The summed E-state index contributed by atoms with van der Waals surface area (Å²) in [6.07, 6.45) is 2.32. The van der Waals surface area contributed by atoms with E-state index in [-0.39, 0.29) is 5.54 Å². The van der Waals surface area contributed by atoms with Gasteiger partial charge in [0.15, 0.2) is 0 Å². The van der Waals surface area contributed by atoms with Crippen molar-refractivity contribution in [1.82, 2.24) is 10.3 Å². The minimum Gasteiger partial charge on any atom is -0.384 e. The van der Waals surface area contributed by atoms with Crippen LogP contribution in [0.1, 0.15) is 33.6 Å². The van der Waals surface area contributed by atoms with E-state index in [0.29, 0.717) is 11.9 Å². The van der Waals surface area contributed by atoms with E-state index in [1.54, 1.807) is 0 Å². The molecule has 0 spiro atoms. The highest BCUT2D eigenvalue weighted by molar-refractivity contribution is 5.93. The number of nitrogens with one attached hydrogen (secondary N) is 1. The maximum atomic E-state index is 5.99. The maximum Gasteiger partial charge on any atom is 0.126 e. The molecule has 22 heavy (non-hydrogen) atoms. The van der Waals surface area contributed by atoms with Crippen molar-refractivity contribution >= 4 is 22.4 Å². The first-order chi connectivity index (χ1) is 10.4. The molecule has 1 aromatic heterocycles. The molecule has 2 heterocycles. The quantitative estimate of drug-likeness (QED) is 0.894. The number of anilines is 2. The van der Waals surface area contributed by atoms with Crippen molar-refractivity contribution in [3.63, 3.8) is 0 Å². The molecular formula is C18H26N4.